The van der Waals surface area contributed by atoms with Crippen molar-refractivity contribution in [2.75, 3.05) is 18.0 Å². The Kier molecular flexibility index (Phi) is 5.30. The number of rotatable bonds is 6. The number of nitro benzene ring substituents is 1. The summed E-state index contributed by atoms with van der Waals surface area (Å²) in [4.78, 5) is 34.4. The molecular formula is C20H22N6O4. The molecule has 4 rings (SSSR count). The van der Waals surface area contributed by atoms with Gasteiger partial charge >= 0.3 is 0 Å². The van der Waals surface area contributed by atoms with Crippen LogP contribution < -0.4 is 4.90 Å². The van der Waals surface area contributed by atoms with Gasteiger partial charge in [-0.05, 0) is 30.9 Å². The molecule has 30 heavy (non-hydrogen) atoms. The largest absolute Gasteiger partial charge is 0.366 e. The lowest BCUT2D eigenvalue weighted by Crippen LogP contribution is -2.36. The summed E-state index contributed by atoms with van der Waals surface area (Å²) in [5, 5.41) is 15.7. The Hall–Kier alpha value is -3.56. The first-order valence-electron chi connectivity index (χ1n) is 9.77. The summed E-state index contributed by atoms with van der Waals surface area (Å²) in [6, 6.07) is 4.64. The zero-order chi connectivity index (χ0) is 21.3. The highest BCUT2D eigenvalue weighted by Gasteiger charge is 2.28. The summed E-state index contributed by atoms with van der Waals surface area (Å²) in [6.07, 6.45) is 5.75. The summed E-state index contributed by atoms with van der Waals surface area (Å²) >= 11 is 0. The molecular weight excluding hydrogens is 388 g/mol. The van der Waals surface area contributed by atoms with E-state index in [1.165, 1.54) is 12.3 Å². The number of hydrogen-bond donors (Lipinski definition) is 0. The van der Waals surface area contributed by atoms with E-state index in [0.717, 1.165) is 19.4 Å². The smallest absolute Gasteiger partial charge is 0.293 e. The number of nitrogens with zero attached hydrogens (tertiary/aromatic N) is 6. The van der Waals surface area contributed by atoms with Gasteiger partial charge in [0, 0.05) is 57.5 Å². The van der Waals surface area contributed by atoms with Crippen LogP contribution in [0, 0.1) is 23.0 Å². The Balaban J connectivity index is 1.57. The summed E-state index contributed by atoms with van der Waals surface area (Å²) in [5.74, 6) is 1.35. The number of aryl methyl sites for hydroxylation is 2. The predicted molar refractivity (Wildman–Crippen MR) is 107 cm³/mol. The van der Waals surface area contributed by atoms with Crippen LogP contribution >= 0.6 is 0 Å². The predicted octanol–water partition coefficient (Wildman–Crippen LogP) is 2.71. The molecule has 1 unspecified atom stereocenters. The van der Waals surface area contributed by atoms with Crippen molar-refractivity contribution >= 4 is 17.2 Å². The molecule has 0 amide bonds. The maximum absolute atomic E-state index is 12.7. The number of aromatic nitrogens is 4. The van der Waals surface area contributed by atoms with E-state index in [1.54, 1.807) is 36.9 Å². The molecule has 10 heteroatoms. The van der Waals surface area contributed by atoms with E-state index in [1.807, 2.05) is 4.90 Å². The van der Waals surface area contributed by atoms with Gasteiger partial charge in [0.15, 0.2) is 11.6 Å². The average molecular weight is 410 g/mol. The fourth-order valence-electron chi connectivity index (χ4n) is 3.92. The summed E-state index contributed by atoms with van der Waals surface area (Å²) in [5.41, 5.74) is 0.687. The molecule has 3 heterocycles. The van der Waals surface area contributed by atoms with E-state index in [9.17, 15) is 14.9 Å². The Labute approximate surface area is 172 Å². The summed E-state index contributed by atoms with van der Waals surface area (Å²) in [7, 11) is 1.71. The van der Waals surface area contributed by atoms with Gasteiger partial charge < -0.3 is 14.0 Å². The quantitative estimate of drug-likeness (QED) is 0.345. The van der Waals surface area contributed by atoms with Gasteiger partial charge in [0.25, 0.3) is 5.69 Å². The fraction of sp³-hybridized carbons (Fsp3) is 0.400. The Morgan fingerprint density at radius 3 is 2.90 bits per heavy atom. The maximum Gasteiger partial charge on any atom is 0.293 e. The first kappa shape index (κ1) is 19.7. The molecule has 0 radical (unpaired) electrons. The number of carbonyl (C=O) groups is 1. The van der Waals surface area contributed by atoms with Crippen LogP contribution in [0.5, 0.6) is 0 Å². The third-order valence-corrected chi connectivity index (χ3v) is 5.36. The highest BCUT2D eigenvalue weighted by Crippen LogP contribution is 2.33. The van der Waals surface area contributed by atoms with Crippen molar-refractivity contribution in [3.05, 3.63) is 63.8 Å². The van der Waals surface area contributed by atoms with Crippen LogP contribution in [0.3, 0.4) is 0 Å². The van der Waals surface area contributed by atoms with Crippen molar-refractivity contribution in [2.24, 2.45) is 13.0 Å². The zero-order valence-corrected chi connectivity index (χ0v) is 16.8. The lowest BCUT2D eigenvalue weighted by atomic mass is 9.93. The summed E-state index contributed by atoms with van der Waals surface area (Å²) in [6.45, 7) is 3.12. The molecule has 1 saturated heterocycles. The average Bonchev–Trinajstić information content (AvgIpc) is 3.35. The van der Waals surface area contributed by atoms with Crippen molar-refractivity contribution < 1.29 is 14.2 Å². The van der Waals surface area contributed by atoms with E-state index < -0.39 is 4.92 Å². The molecule has 1 aliphatic rings. The van der Waals surface area contributed by atoms with Crippen molar-refractivity contribution in [3.8, 4) is 0 Å². The minimum atomic E-state index is -0.434. The second kappa shape index (κ2) is 8.05. The van der Waals surface area contributed by atoms with Gasteiger partial charge in [0.1, 0.15) is 5.69 Å². The topological polar surface area (TPSA) is 120 Å². The number of imidazole rings is 1. The highest BCUT2D eigenvalue weighted by atomic mass is 16.6. The van der Waals surface area contributed by atoms with Crippen LogP contribution in [0.15, 0.2) is 35.1 Å². The number of piperidine rings is 1. The van der Waals surface area contributed by atoms with E-state index in [0.29, 0.717) is 30.4 Å². The van der Waals surface area contributed by atoms with E-state index >= 15 is 0 Å². The minimum absolute atomic E-state index is 0.0777. The van der Waals surface area contributed by atoms with Crippen molar-refractivity contribution in [1.82, 2.24) is 19.7 Å². The monoisotopic (exact) mass is 410 g/mol. The normalized spacial score (nSPS) is 16.6. The zero-order valence-electron chi connectivity index (χ0n) is 16.8. The fourth-order valence-corrected chi connectivity index (χ4v) is 3.92. The van der Waals surface area contributed by atoms with Crippen LogP contribution in [0.4, 0.5) is 11.4 Å². The molecule has 3 aromatic rings. The number of benzene rings is 1. The molecule has 0 spiro atoms. The van der Waals surface area contributed by atoms with Gasteiger partial charge in [-0.1, -0.05) is 5.16 Å². The lowest BCUT2D eigenvalue weighted by Gasteiger charge is -2.33. The number of hydrogen-bond acceptors (Lipinski definition) is 8. The van der Waals surface area contributed by atoms with E-state index in [-0.39, 0.29) is 28.8 Å². The molecule has 156 valence electrons. The Morgan fingerprint density at radius 1 is 1.40 bits per heavy atom. The van der Waals surface area contributed by atoms with Gasteiger partial charge in [-0.3, -0.25) is 14.9 Å². The van der Waals surface area contributed by atoms with E-state index in [2.05, 4.69) is 15.1 Å². The van der Waals surface area contributed by atoms with Gasteiger partial charge in [-0.2, -0.15) is 4.98 Å². The number of anilines is 1. The molecule has 10 nitrogen and oxygen atoms in total. The Bertz CT molecular complexity index is 1090. The van der Waals surface area contributed by atoms with Gasteiger partial charge in [0.05, 0.1) is 4.92 Å². The molecule has 1 aliphatic heterocycles. The molecule has 1 fully saturated rings. The van der Waals surface area contributed by atoms with Crippen molar-refractivity contribution in [1.29, 1.82) is 0 Å². The van der Waals surface area contributed by atoms with Gasteiger partial charge in [-0.25, -0.2) is 4.98 Å². The van der Waals surface area contributed by atoms with Crippen LogP contribution in [0.1, 0.15) is 40.7 Å². The summed E-state index contributed by atoms with van der Waals surface area (Å²) < 4.78 is 6.63. The molecule has 1 aromatic carbocycles. The molecule has 0 N–H and O–H groups in total. The van der Waals surface area contributed by atoms with Gasteiger partial charge in [0.2, 0.25) is 11.7 Å². The molecule has 0 bridgehead atoms. The van der Waals surface area contributed by atoms with Crippen LogP contribution in [-0.2, 0) is 13.5 Å². The first-order valence-corrected chi connectivity index (χ1v) is 9.77. The SMILES string of the molecule is Cc1nc(CC2CCCN(c3ccc(C(=O)c4nccn4C)cc3[N+](=O)[O-])C2)no1. The lowest BCUT2D eigenvalue weighted by molar-refractivity contribution is -0.384. The molecule has 2 aromatic heterocycles. The molecule has 1 atom stereocenters. The Morgan fingerprint density at radius 2 is 2.23 bits per heavy atom. The number of carbonyl (C=O) groups excluding carboxylic acids is 1. The number of nitro groups is 1. The van der Waals surface area contributed by atoms with Crippen LogP contribution in [-0.4, -0.2) is 43.5 Å². The number of ketones is 1. The van der Waals surface area contributed by atoms with Crippen LogP contribution in [0.25, 0.3) is 0 Å². The van der Waals surface area contributed by atoms with E-state index in [4.69, 9.17) is 4.52 Å². The second-order valence-corrected chi connectivity index (χ2v) is 7.54. The third kappa shape index (κ3) is 3.93. The van der Waals surface area contributed by atoms with Gasteiger partial charge in [-0.15, -0.1) is 0 Å². The standard InChI is InChI=1S/C20H22N6O4/c1-13-22-18(23-30-13)10-14-4-3-8-25(12-14)16-6-5-15(11-17(16)26(28)29)19(27)20-21-7-9-24(20)2/h5-7,9,11,14H,3-4,8,10,12H2,1-2H3. The first-order chi connectivity index (χ1) is 14.4. The minimum Gasteiger partial charge on any atom is -0.366 e. The second-order valence-electron chi connectivity index (χ2n) is 7.54. The maximum atomic E-state index is 12.7. The van der Waals surface area contributed by atoms with Crippen LogP contribution in [0.2, 0.25) is 0 Å². The van der Waals surface area contributed by atoms with Crippen molar-refractivity contribution in [2.45, 2.75) is 26.2 Å². The molecule has 0 aliphatic carbocycles. The third-order valence-electron chi connectivity index (χ3n) is 5.36. The van der Waals surface area contributed by atoms with Crippen molar-refractivity contribution in [3.63, 3.8) is 0 Å². The molecule has 0 saturated carbocycles. The highest BCUT2D eigenvalue weighted by molar-refractivity contribution is 6.07.